The van der Waals surface area contributed by atoms with Gasteiger partial charge in [0.1, 0.15) is 11.5 Å². The van der Waals surface area contributed by atoms with Crippen LogP contribution in [0.15, 0.2) is 72.7 Å². The van der Waals surface area contributed by atoms with Crippen molar-refractivity contribution in [2.45, 2.75) is 24.7 Å². The highest BCUT2D eigenvalue weighted by molar-refractivity contribution is 5.57. The molecule has 3 aromatic rings. The van der Waals surface area contributed by atoms with Crippen molar-refractivity contribution in [2.75, 3.05) is 7.11 Å². The predicted octanol–water partition coefficient (Wildman–Crippen LogP) is 3.57. The molecule has 7 nitrogen and oxygen atoms in total. The van der Waals surface area contributed by atoms with E-state index in [0.29, 0.717) is 12.2 Å². The minimum Gasteiger partial charge on any atom is -0.380 e. The van der Waals surface area contributed by atoms with Crippen molar-refractivity contribution < 1.29 is 23.0 Å². The molecule has 0 aliphatic carbocycles. The molecule has 4 rings (SSSR count). The number of rotatable bonds is 6. The Labute approximate surface area is 199 Å². The minimum atomic E-state index is -3.88. The summed E-state index contributed by atoms with van der Waals surface area (Å²) < 4.78 is 50.6. The summed E-state index contributed by atoms with van der Waals surface area (Å²) in [7, 11) is 1.61. The number of hydrogen-bond donors (Lipinski definition) is 1. The van der Waals surface area contributed by atoms with Gasteiger partial charge in [-0.3, -0.25) is 4.98 Å². The number of benzene rings is 1. The van der Waals surface area contributed by atoms with Crippen LogP contribution in [-0.4, -0.2) is 43.0 Å². The van der Waals surface area contributed by atoms with Gasteiger partial charge in [0.05, 0.1) is 13.2 Å². The second-order valence-electron chi connectivity index (χ2n) is 7.82. The van der Waals surface area contributed by atoms with E-state index >= 15 is 8.78 Å². The average Bonchev–Trinajstić information content (AvgIpc) is 3.29. The van der Waals surface area contributed by atoms with Crippen LogP contribution >= 0.6 is 0 Å². The van der Waals surface area contributed by atoms with E-state index in [4.69, 9.17) is 4.74 Å². The number of aliphatic hydroxyl groups is 1. The van der Waals surface area contributed by atoms with Gasteiger partial charge in [0.25, 0.3) is 0 Å². The highest BCUT2D eigenvalue weighted by atomic mass is 19.3. The van der Waals surface area contributed by atoms with E-state index in [1.165, 1.54) is 12.3 Å². The predicted molar refractivity (Wildman–Crippen MR) is 121 cm³/mol. The van der Waals surface area contributed by atoms with Gasteiger partial charge < -0.3 is 9.84 Å². The molecule has 1 unspecified atom stereocenters. The highest BCUT2D eigenvalue weighted by Gasteiger charge is 2.58. The lowest BCUT2D eigenvalue weighted by atomic mass is 9.82. The molecule has 0 fully saturated rings. The summed E-state index contributed by atoms with van der Waals surface area (Å²) in [4.78, 5) is 3.86. The fourth-order valence-electron chi connectivity index (χ4n) is 3.50. The second kappa shape index (κ2) is 9.66. The largest absolute Gasteiger partial charge is 0.380 e. The molecule has 3 heterocycles. The number of allylic oxidation sites excluding steroid dienone is 2. The molecule has 0 saturated heterocycles. The lowest BCUT2D eigenvalue weighted by Gasteiger charge is -2.38. The number of alkyl halides is 2. The molecule has 1 atom stereocenters. The third kappa shape index (κ3) is 4.91. The molecule has 0 saturated carbocycles. The van der Waals surface area contributed by atoms with Crippen LogP contribution in [0.2, 0.25) is 0 Å². The Balaban J connectivity index is 1.61. The Morgan fingerprint density at radius 2 is 1.94 bits per heavy atom. The summed E-state index contributed by atoms with van der Waals surface area (Å²) in [5, 5.41) is 21.9. The molecule has 2 aromatic heterocycles. The standard InChI is InChI=1S/C25H20F3N5O2/c1-17(26)3-11-21-13-23-30-31-32-33(23)16-24(21,34)25(27,28)22-12-10-19(14-29-22)7-4-18-5-8-20(9-6-18)15-35-2/h3,5-6,8-14,34H,1,15-16H2,2H3/b11-3-. The Bertz CT molecular complexity index is 1350. The van der Waals surface area contributed by atoms with E-state index in [9.17, 15) is 9.50 Å². The van der Waals surface area contributed by atoms with Crippen molar-refractivity contribution in [1.29, 1.82) is 0 Å². The smallest absolute Gasteiger partial charge is 0.323 e. The maximum Gasteiger partial charge on any atom is 0.323 e. The van der Waals surface area contributed by atoms with Crippen LogP contribution < -0.4 is 0 Å². The molecule has 0 bridgehead atoms. The zero-order valence-corrected chi connectivity index (χ0v) is 18.6. The van der Waals surface area contributed by atoms with E-state index in [0.717, 1.165) is 40.1 Å². The summed E-state index contributed by atoms with van der Waals surface area (Å²) in [5.41, 5.74) is -1.63. The topological polar surface area (TPSA) is 86.0 Å². The van der Waals surface area contributed by atoms with Gasteiger partial charge in [0.2, 0.25) is 0 Å². The van der Waals surface area contributed by atoms with Crippen molar-refractivity contribution in [1.82, 2.24) is 25.2 Å². The molecule has 0 spiro atoms. The zero-order chi connectivity index (χ0) is 25.1. The fourth-order valence-corrected chi connectivity index (χ4v) is 3.50. The molecule has 0 amide bonds. The lowest BCUT2D eigenvalue weighted by Crippen LogP contribution is -2.52. The number of ether oxygens (including phenoxy) is 1. The molecule has 178 valence electrons. The summed E-state index contributed by atoms with van der Waals surface area (Å²) in [5.74, 6) is 1.22. The Kier molecular flexibility index (Phi) is 6.64. The summed E-state index contributed by atoms with van der Waals surface area (Å²) in [6.45, 7) is 2.90. The van der Waals surface area contributed by atoms with Crippen molar-refractivity contribution in [2.24, 2.45) is 0 Å². The van der Waals surface area contributed by atoms with E-state index in [-0.39, 0.29) is 11.4 Å². The van der Waals surface area contributed by atoms with E-state index < -0.39 is 29.6 Å². The molecular formula is C25H20F3N5O2. The number of methoxy groups -OCH3 is 1. The quantitative estimate of drug-likeness (QED) is 0.430. The molecule has 10 heteroatoms. The van der Waals surface area contributed by atoms with Crippen molar-refractivity contribution in [3.63, 3.8) is 0 Å². The first kappa shape index (κ1) is 24.1. The van der Waals surface area contributed by atoms with Gasteiger partial charge in [0.15, 0.2) is 11.4 Å². The minimum absolute atomic E-state index is 0.142. The third-order valence-corrected chi connectivity index (χ3v) is 5.36. The number of nitrogens with zero attached hydrogens (tertiary/aromatic N) is 5. The van der Waals surface area contributed by atoms with Crippen LogP contribution in [0.4, 0.5) is 13.2 Å². The first-order chi connectivity index (χ1) is 16.7. The van der Waals surface area contributed by atoms with Gasteiger partial charge in [-0.05, 0) is 58.0 Å². The molecule has 1 aliphatic rings. The number of halogens is 3. The Morgan fingerprint density at radius 3 is 2.60 bits per heavy atom. The average molecular weight is 479 g/mol. The van der Waals surface area contributed by atoms with E-state index in [1.54, 1.807) is 7.11 Å². The van der Waals surface area contributed by atoms with Gasteiger partial charge in [-0.2, -0.15) is 8.78 Å². The molecule has 1 N–H and O–H groups in total. The van der Waals surface area contributed by atoms with E-state index in [2.05, 4.69) is 38.9 Å². The van der Waals surface area contributed by atoms with Crippen LogP contribution in [0, 0.1) is 11.8 Å². The lowest BCUT2D eigenvalue weighted by molar-refractivity contribution is -0.177. The SMILES string of the molecule is C=C(F)/C=C\C1=Cc2nnnn2CC1(O)C(F)(F)c1ccc(C#Cc2ccc(COC)cc2)cn1. The van der Waals surface area contributed by atoms with Crippen LogP contribution in [0.25, 0.3) is 6.08 Å². The number of tetrazole rings is 1. The van der Waals surface area contributed by atoms with Gasteiger partial charge in [-0.15, -0.1) is 5.10 Å². The van der Waals surface area contributed by atoms with Crippen molar-refractivity contribution in [3.8, 4) is 11.8 Å². The third-order valence-electron chi connectivity index (χ3n) is 5.36. The summed E-state index contributed by atoms with van der Waals surface area (Å²) >= 11 is 0. The van der Waals surface area contributed by atoms with Crippen LogP contribution in [0.5, 0.6) is 0 Å². The number of aromatic nitrogens is 5. The molecule has 1 aliphatic heterocycles. The molecular weight excluding hydrogens is 459 g/mol. The fraction of sp³-hybridized carbons (Fsp3) is 0.200. The Morgan fingerprint density at radius 1 is 1.23 bits per heavy atom. The maximum atomic E-state index is 15.7. The van der Waals surface area contributed by atoms with Crippen molar-refractivity contribution in [3.05, 3.63) is 101 Å². The summed E-state index contributed by atoms with van der Waals surface area (Å²) in [6, 6.07) is 9.91. The highest BCUT2D eigenvalue weighted by Crippen LogP contribution is 2.46. The van der Waals surface area contributed by atoms with Crippen LogP contribution in [-0.2, 0) is 23.8 Å². The molecule has 35 heavy (non-hydrogen) atoms. The van der Waals surface area contributed by atoms with Gasteiger partial charge in [-0.25, -0.2) is 9.07 Å². The molecule has 1 aromatic carbocycles. The van der Waals surface area contributed by atoms with Gasteiger partial charge >= 0.3 is 5.92 Å². The van der Waals surface area contributed by atoms with Crippen LogP contribution in [0.1, 0.15) is 28.2 Å². The first-order valence-electron chi connectivity index (χ1n) is 10.4. The van der Waals surface area contributed by atoms with Gasteiger partial charge in [-0.1, -0.05) is 36.6 Å². The number of fused-ring (bicyclic) bond motifs is 1. The normalized spacial score (nSPS) is 17.5. The van der Waals surface area contributed by atoms with Crippen LogP contribution in [0.3, 0.4) is 0 Å². The first-order valence-corrected chi connectivity index (χ1v) is 10.4. The summed E-state index contributed by atoms with van der Waals surface area (Å²) in [6.07, 6.45) is 4.26. The maximum absolute atomic E-state index is 15.7. The Hall–Kier alpha value is -4.07. The molecule has 0 radical (unpaired) electrons. The zero-order valence-electron chi connectivity index (χ0n) is 18.6. The number of pyridine rings is 1. The van der Waals surface area contributed by atoms with E-state index in [1.807, 2.05) is 24.3 Å². The monoisotopic (exact) mass is 479 g/mol. The number of hydrogen-bond acceptors (Lipinski definition) is 6. The van der Waals surface area contributed by atoms with Gasteiger partial charge in [0, 0.05) is 24.4 Å². The van der Waals surface area contributed by atoms with Crippen molar-refractivity contribution >= 4 is 6.08 Å². The second-order valence-corrected chi connectivity index (χ2v) is 7.82.